The van der Waals surface area contributed by atoms with Gasteiger partial charge in [0.05, 0.1) is 6.61 Å². The Labute approximate surface area is 109 Å². The zero-order valence-electron chi connectivity index (χ0n) is 10.2. The Kier molecular flexibility index (Phi) is 7.61. The third-order valence-electron chi connectivity index (χ3n) is 1.68. The zero-order valence-corrected chi connectivity index (χ0v) is 11.0. The maximum absolute atomic E-state index is 11.4. The van der Waals surface area contributed by atoms with Gasteiger partial charge in [0, 0.05) is 12.1 Å². The van der Waals surface area contributed by atoms with E-state index in [4.69, 9.17) is 4.18 Å². The molecule has 0 amide bonds. The fraction of sp³-hybridized carbons (Fsp3) is 0.444. The Balaban J connectivity index is 0.000000555. The first-order valence-electron chi connectivity index (χ1n) is 5.40. The molecule has 0 saturated heterocycles. The van der Waals surface area contributed by atoms with Gasteiger partial charge in [-0.15, -0.1) is 8.42 Å². The topological polar surface area (TPSA) is 47.3 Å². The highest BCUT2D eigenvalue weighted by Gasteiger charge is 2.21. The van der Waals surface area contributed by atoms with E-state index in [-0.39, 0.29) is 6.61 Å². The van der Waals surface area contributed by atoms with Crippen molar-refractivity contribution >= 4 is 17.6 Å². The van der Waals surface area contributed by atoms with Crippen LogP contribution in [-0.4, -0.2) is 22.3 Å². The number of rotatable bonds is 5. The lowest BCUT2D eigenvalue weighted by Crippen LogP contribution is -2.43. The standard InChI is InChI=1S/C9H14NO3S.BF4/c1-2-3-9-13-14(11,12)10-7-5-4-6-8-10;2-1(3,4)5/h4-8H,2-3,9H2,1H3;/q+1;-1. The fourth-order valence-electron chi connectivity index (χ4n) is 0.901. The Bertz CT molecular complexity index is 446. The maximum Gasteiger partial charge on any atom is 0.673 e. The lowest BCUT2D eigenvalue weighted by atomic mass is 10.3. The smallest absolute Gasteiger partial charge is 0.418 e. The van der Waals surface area contributed by atoms with Crippen molar-refractivity contribution in [3.05, 3.63) is 30.6 Å². The second-order valence-corrected chi connectivity index (χ2v) is 4.85. The lowest BCUT2D eigenvalue weighted by Gasteiger charge is -1.98. The Morgan fingerprint density at radius 1 is 1.11 bits per heavy atom. The Hall–Kier alpha value is -1.16. The molecule has 0 aliphatic carbocycles. The van der Waals surface area contributed by atoms with E-state index in [2.05, 4.69) is 0 Å². The lowest BCUT2D eigenvalue weighted by molar-refractivity contribution is -0.520. The van der Waals surface area contributed by atoms with Gasteiger partial charge in [-0.1, -0.05) is 23.4 Å². The van der Waals surface area contributed by atoms with Crippen LogP contribution in [0.5, 0.6) is 0 Å². The molecule has 1 aromatic heterocycles. The normalized spacial score (nSPS) is 11.6. The number of halogens is 4. The van der Waals surface area contributed by atoms with Gasteiger partial charge in [-0.2, -0.15) is 0 Å². The van der Waals surface area contributed by atoms with Crippen molar-refractivity contribution in [2.75, 3.05) is 6.61 Å². The van der Waals surface area contributed by atoms with Crippen LogP contribution in [0.15, 0.2) is 30.6 Å². The van der Waals surface area contributed by atoms with Gasteiger partial charge in [-0.05, 0) is 6.42 Å². The van der Waals surface area contributed by atoms with Gasteiger partial charge < -0.3 is 17.3 Å². The van der Waals surface area contributed by atoms with E-state index in [9.17, 15) is 25.7 Å². The van der Waals surface area contributed by atoms with Gasteiger partial charge in [-0.25, -0.2) is 4.18 Å². The van der Waals surface area contributed by atoms with Crippen molar-refractivity contribution < 1.29 is 33.8 Å². The molecule has 1 heterocycles. The number of nitrogens with zero attached hydrogens (tertiary/aromatic N) is 1. The third kappa shape index (κ3) is 10.5. The van der Waals surface area contributed by atoms with Crippen LogP contribution in [0.2, 0.25) is 0 Å². The molecule has 0 aliphatic rings. The van der Waals surface area contributed by atoms with Crippen LogP contribution in [0.4, 0.5) is 17.3 Å². The molecule has 0 unspecified atom stereocenters. The summed E-state index contributed by atoms with van der Waals surface area (Å²) in [4.78, 5) is 0. The summed E-state index contributed by atoms with van der Waals surface area (Å²) in [6, 6.07) is 5.03. The molecule has 10 heteroatoms. The summed E-state index contributed by atoms with van der Waals surface area (Å²) < 4.78 is 67.7. The highest BCUT2D eigenvalue weighted by molar-refractivity contribution is 7.80. The van der Waals surface area contributed by atoms with Crippen LogP contribution >= 0.6 is 0 Å². The first-order valence-corrected chi connectivity index (χ1v) is 6.77. The van der Waals surface area contributed by atoms with Gasteiger partial charge in [0.1, 0.15) is 0 Å². The summed E-state index contributed by atoms with van der Waals surface area (Å²) in [5, 5.41) is 0. The van der Waals surface area contributed by atoms with E-state index in [0.717, 1.165) is 16.8 Å². The molecule has 19 heavy (non-hydrogen) atoms. The second-order valence-electron chi connectivity index (χ2n) is 3.33. The van der Waals surface area contributed by atoms with Crippen LogP contribution in [0.3, 0.4) is 0 Å². The van der Waals surface area contributed by atoms with Crippen LogP contribution in [0.25, 0.3) is 0 Å². The van der Waals surface area contributed by atoms with E-state index >= 15 is 0 Å². The average Bonchev–Trinajstić information content (AvgIpc) is 2.28. The molecule has 0 spiro atoms. The van der Waals surface area contributed by atoms with Gasteiger partial charge in [0.25, 0.3) is 0 Å². The summed E-state index contributed by atoms with van der Waals surface area (Å²) in [6.07, 6.45) is 4.55. The minimum Gasteiger partial charge on any atom is -0.418 e. The highest BCUT2D eigenvalue weighted by atomic mass is 32.2. The SMILES string of the molecule is CCCCOS(=O)(=O)[n+]1ccccc1.F[B-](F)(F)F. The first-order chi connectivity index (χ1) is 8.67. The number of unbranched alkanes of at least 4 members (excludes halogenated alkanes) is 1. The number of hydrogen-bond acceptors (Lipinski definition) is 3. The number of aromatic nitrogens is 1. The Morgan fingerprint density at radius 3 is 2.00 bits per heavy atom. The summed E-state index contributed by atoms with van der Waals surface area (Å²) in [5.41, 5.74) is 0. The van der Waals surface area contributed by atoms with Crippen molar-refractivity contribution in [3.63, 3.8) is 0 Å². The van der Waals surface area contributed by atoms with E-state index < -0.39 is 17.6 Å². The number of hydrogen-bond donors (Lipinski definition) is 0. The van der Waals surface area contributed by atoms with Crippen molar-refractivity contribution in [3.8, 4) is 0 Å². The average molecular weight is 303 g/mol. The molecule has 1 aromatic rings. The van der Waals surface area contributed by atoms with Gasteiger partial charge in [-0.3, -0.25) is 0 Å². The second kappa shape index (κ2) is 8.10. The molecule has 1 rings (SSSR count). The predicted molar refractivity (Wildman–Crippen MR) is 62.0 cm³/mol. The van der Waals surface area contributed by atoms with Crippen molar-refractivity contribution in [2.24, 2.45) is 0 Å². The minimum absolute atomic E-state index is 0.237. The monoisotopic (exact) mass is 303 g/mol. The molecule has 0 aliphatic heterocycles. The zero-order chi connectivity index (χ0) is 14.9. The van der Waals surface area contributed by atoms with Crippen LogP contribution in [0.1, 0.15) is 19.8 Å². The first kappa shape index (κ1) is 17.8. The summed E-state index contributed by atoms with van der Waals surface area (Å²) in [5.74, 6) is 0. The predicted octanol–water partition coefficient (Wildman–Crippen LogP) is 2.18. The molecular formula is C9H14BF4NO3S. The van der Waals surface area contributed by atoms with Gasteiger partial charge >= 0.3 is 17.6 Å². The minimum atomic E-state index is -6.00. The summed E-state index contributed by atoms with van der Waals surface area (Å²) in [6.45, 7) is 2.21. The molecule has 4 nitrogen and oxygen atoms in total. The summed E-state index contributed by atoms with van der Waals surface area (Å²) >= 11 is 0. The van der Waals surface area contributed by atoms with E-state index in [0.29, 0.717) is 0 Å². The summed E-state index contributed by atoms with van der Waals surface area (Å²) in [7, 11) is -9.62. The van der Waals surface area contributed by atoms with Gasteiger partial charge in [0.15, 0.2) is 12.4 Å². The molecule has 0 N–H and O–H groups in total. The largest absolute Gasteiger partial charge is 0.673 e. The van der Waals surface area contributed by atoms with E-state index in [1.807, 2.05) is 6.92 Å². The molecule has 0 saturated carbocycles. The highest BCUT2D eigenvalue weighted by Crippen LogP contribution is 2.06. The van der Waals surface area contributed by atoms with Crippen LogP contribution in [-0.2, 0) is 14.5 Å². The van der Waals surface area contributed by atoms with Crippen LogP contribution in [0, 0.1) is 0 Å². The molecular weight excluding hydrogens is 289 g/mol. The van der Waals surface area contributed by atoms with Crippen LogP contribution < -0.4 is 3.97 Å². The molecule has 0 aromatic carbocycles. The molecule has 0 atom stereocenters. The molecule has 0 fully saturated rings. The number of pyridine rings is 1. The third-order valence-corrected chi connectivity index (χ3v) is 2.90. The van der Waals surface area contributed by atoms with Gasteiger partial charge in [0.2, 0.25) is 0 Å². The maximum atomic E-state index is 11.4. The molecule has 110 valence electrons. The Morgan fingerprint density at radius 2 is 1.58 bits per heavy atom. The molecule has 0 radical (unpaired) electrons. The van der Waals surface area contributed by atoms with Crippen molar-refractivity contribution in [1.82, 2.24) is 0 Å². The van der Waals surface area contributed by atoms with E-state index in [1.54, 1.807) is 18.2 Å². The quantitative estimate of drug-likeness (QED) is 0.362. The molecule has 0 bridgehead atoms. The fourth-order valence-corrected chi connectivity index (χ4v) is 1.79. The van der Waals surface area contributed by atoms with E-state index in [1.165, 1.54) is 12.4 Å². The van der Waals surface area contributed by atoms with Crippen molar-refractivity contribution in [2.45, 2.75) is 19.8 Å². The van der Waals surface area contributed by atoms with Crippen molar-refractivity contribution in [1.29, 1.82) is 0 Å².